The Labute approximate surface area is 206 Å². The number of esters is 1. The Morgan fingerprint density at radius 3 is 2.62 bits per heavy atom. The minimum Gasteiger partial charge on any atom is -0.466 e. The van der Waals surface area contributed by atoms with Gasteiger partial charge in [0, 0.05) is 11.3 Å². The largest absolute Gasteiger partial charge is 0.466 e. The minimum absolute atomic E-state index is 0.0334. The van der Waals surface area contributed by atoms with Gasteiger partial charge >= 0.3 is 5.97 Å². The summed E-state index contributed by atoms with van der Waals surface area (Å²) in [6.45, 7) is 7.84. The lowest BCUT2D eigenvalue weighted by molar-refractivity contribution is -0.154. The van der Waals surface area contributed by atoms with Gasteiger partial charge in [-0.2, -0.15) is 0 Å². The second-order valence-electron chi connectivity index (χ2n) is 9.86. The molecule has 8 heteroatoms. The van der Waals surface area contributed by atoms with E-state index in [9.17, 15) is 19.5 Å². The van der Waals surface area contributed by atoms with Gasteiger partial charge in [0.15, 0.2) is 0 Å². The fourth-order valence-electron chi connectivity index (χ4n) is 6.46. The van der Waals surface area contributed by atoms with Crippen molar-refractivity contribution in [3.63, 3.8) is 0 Å². The van der Waals surface area contributed by atoms with Crippen molar-refractivity contribution in [2.75, 3.05) is 13.2 Å². The summed E-state index contributed by atoms with van der Waals surface area (Å²) in [7, 11) is 0. The lowest BCUT2D eigenvalue weighted by Crippen LogP contribution is -2.58. The van der Waals surface area contributed by atoms with E-state index in [1.54, 1.807) is 23.6 Å². The fraction of sp³-hybridized carbons (Fsp3) is 0.654. The maximum atomic E-state index is 14.2. The predicted octanol–water partition coefficient (Wildman–Crippen LogP) is 2.93. The van der Waals surface area contributed by atoms with Gasteiger partial charge in [0.1, 0.15) is 6.04 Å². The number of rotatable bonds is 9. The van der Waals surface area contributed by atoms with Crippen molar-refractivity contribution in [2.45, 2.75) is 75.1 Å². The third kappa shape index (κ3) is 3.83. The fourth-order valence-corrected chi connectivity index (χ4v) is 8.85. The Balaban J connectivity index is 1.81. The SMILES string of the molecule is CCCC(C)NC(=O)C1N([C@H](CO)c2ccccc2)C(=O)[C@@H]2[C@@H](C(=O)OCC)[C@H]3CC(C)C12S3. The number of carbonyl (C=O) groups excluding carboxylic acids is 3. The highest BCUT2D eigenvalue weighted by Crippen LogP contribution is 2.69. The standard InChI is InChI=1S/C26H36N2O5S/c1-5-10-16(4)27-23(30)22-26-15(3)13-19(34-26)20(25(32)33-6-2)21(26)24(31)28(22)18(14-29)17-11-8-7-9-12-17/h7-9,11-12,15-16,18-22,29H,5-6,10,13-14H2,1-4H3,(H,27,30)/t15?,16?,18-,19-,20+,21+,22?,26?/m1/s1. The molecule has 4 unspecified atom stereocenters. The summed E-state index contributed by atoms with van der Waals surface area (Å²) in [5, 5.41) is 13.6. The van der Waals surface area contributed by atoms with Gasteiger partial charge in [-0.3, -0.25) is 14.4 Å². The number of fused-ring (bicyclic) bond motifs is 1. The average Bonchev–Trinajstić information content (AvgIpc) is 3.39. The van der Waals surface area contributed by atoms with Gasteiger partial charge in [-0.05, 0) is 38.2 Å². The number of nitrogens with zero attached hydrogens (tertiary/aromatic N) is 1. The van der Waals surface area contributed by atoms with Crippen LogP contribution >= 0.6 is 11.8 Å². The number of aliphatic hydroxyl groups is 1. The predicted molar refractivity (Wildman–Crippen MR) is 131 cm³/mol. The number of carbonyl (C=O) groups is 3. The van der Waals surface area contributed by atoms with E-state index in [-0.39, 0.29) is 48.2 Å². The van der Waals surface area contributed by atoms with E-state index in [1.165, 1.54) is 0 Å². The molecule has 4 rings (SSSR count). The van der Waals surface area contributed by atoms with Gasteiger partial charge in [-0.25, -0.2) is 0 Å². The Bertz CT molecular complexity index is 927. The highest BCUT2D eigenvalue weighted by molar-refractivity contribution is 8.02. The zero-order valence-corrected chi connectivity index (χ0v) is 21.2. The van der Waals surface area contributed by atoms with Gasteiger partial charge < -0.3 is 20.1 Å². The number of hydrogen-bond donors (Lipinski definition) is 2. The highest BCUT2D eigenvalue weighted by atomic mass is 32.2. The van der Waals surface area contributed by atoms with Crippen LogP contribution in [0.5, 0.6) is 0 Å². The minimum atomic E-state index is -0.772. The Morgan fingerprint density at radius 2 is 2.00 bits per heavy atom. The van der Waals surface area contributed by atoms with Gasteiger partial charge in [-0.1, -0.05) is 50.6 Å². The van der Waals surface area contributed by atoms with Crippen LogP contribution in [0.3, 0.4) is 0 Å². The number of benzene rings is 1. The van der Waals surface area contributed by atoms with Crippen molar-refractivity contribution in [3.05, 3.63) is 35.9 Å². The van der Waals surface area contributed by atoms with Gasteiger partial charge in [-0.15, -0.1) is 11.8 Å². The summed E-state index contributed by atoms with van der Waals surface area (Å²) in [4.78, 5) is 42.7. The van der Waals surface area contributed by atoms with Crippen LogP contribution in [0.25, 0.3) is 0 Å². The van der Waals surface area contributed by atoms with Crippen LogP contribution < -0.4 is 5.32 Å². The first-order chi connectivity index (χ1) is 16.3. The molecule has 8 atom stereocenters. The first-order valence-electron chi connectivity index (χ1n) is 12.4. The molecule has 3 fully saturated rings. The lowest BCUT2D eigenvalue weighted by Gasteiger charge is -2.40. The Kier molecular flexibility index (Phi) is 7.29. The van der Waals surface area contributed by atoms with E-state index < -0.39 is 28.7 Å². The van der Waals surface area contributed by atoms with E-state index in [2.05, 4.69) is 19.2 Å². The van der Waals surface area contributed by atoms with Crippen LogP contribution in [-0.2, 0) is 19.1 Å². The summed E-state index contributed by atoms with van der Waals surface area (Å²) in [6.07, 6.45) is 2.53. The van der Waals surface area contributed by atoms with E-state index in [0.717, 1.165) is 24.8 Å². The number of likely N-dealkylation sites (tertiary alicyclic amines) is 1. The number of ether oxygens (including phenoxy) is 1. The lowest BCUT2D eigenvalue weighted by atomic mass is 9.66. The van der Waals surface area contributed by atoms with Crippen LogP contribution in [0.1, 0.15) is 58.6 Å². The third-order valence-electron chi connectivity index (χ3n) is 7.79. The molecule has 7 nitrogen and oxygen atoms in total. The van der Waals surface area contributed by atoms with Crippen LogP contribution in [0.4, 0.5) is 0 Å². The maximum absolute atomic E-state index is 14.2. The zero-order chi connectivity index (χ0) is 24.6. The topological polar surface area (TPSA) is 95.9 Å². The number of aliphatic hydroxyl groups excluding tert-OH is 1. The first-order valence-corrected chi connectivity index (χ1v) is 13.3. The van der Waals surface area contributed by atoms with E-state index in [4.69, 9.17) is 4.74 Å². The molecular weight excluding hydrogens is 452 g/mol. The Morgan fingerprint density at radius 1 is 1.29 bits per heavy atom. The molecule has 34 heavy (non-hydrogen) atoms. The molecule has 1 spiro atoms. The van der Waals surface area contributed by atoms with Crippen LogP contribution in [-0.4, -0.2) is 63.1 Å². The number of thioether (sulfide) groups is 1. The summed E-state index contributed by atoms with van der Waals surface area (Å²) in [6, 6.07) is 7.86. The average molecular weight is 489 g/mol. The number of amides is 2. The second-order valence-corrected chi connectivity index (χ2v) is 11.4. The van der Waals surface area contributed by atoms with Crippen molar-refractivity contribution in [3.8, 4) is 0 Å². The van der Waals surface area contributed by atoms with Crippen molar-refractivity contribution >= 4 is 29.5 Å². The molecule has 3 saturated heterocycles. The molecule has 0 saturated carbocycles. The van der Waals surface area contributed by atoms with Crippen LogP contribution in [0, 0.1) is 17.8 Å². The van der Waals surface area contributed by atoms with Crippen molar-refractivity contribution in [2.24, 2.45) is 17.8 Å². The van der Waals surface area contributed by atoms with Crippen molar-refractivity contribution < 1.29 is 24.2 Å². The van der Waals surface area contributed by atoms with Crippen LogP contribution in [0.15, 0.2) is 30.3 Å². The molecule has 3 aliphatic rings. The maximum Gasteiger partial charge on any atom is 0.310 e. The van der Waals surface area contributed by atoms with Crippen molar-refractivity contribution in [1.82, 2.24) is 10.2 Å². The molecule has 3 heterocycles. The molecule has 1 aromatic carbocycles. The van der Waals surface area contributed by atoms with Gasteiger partial charge in [0.25, 0.3) is 0 Å². The molecule has 186 valence electrons. The molecule has 3 aliphatic heterocycles. The van der Waals surface area contributed by atoms with Gasteiger partial charge in [0.05, 0.1) is 35.8 Å². The summed E-state index contributed by atoms with van der Waals surface area (Å²) in [5.41, 5.74) is 0.772. The molecule has 2 bridgehead atoms. The summed E-state index contributed by atoms with van der Waals surface area (Å²) < 4.78 is 4.67. The summed E-state index contributed by atoms with van der Waals surface area (Å²) >= 11 is 1.62. The first kappa shape index (κ1) is 25.0. The van der Waals surface area contributed by atoms with E-state index in [1.807, 2.05) is 37.3 Å². The van der Waals surface area contributed by atoms with Crippen LogP contribution in [0.2, 0.25) is 0 Å². The molecule has 2 N–H and O–H groups in total. The quantitative estimate of drug-likeness (QED) is 0.519. The summed E-state index contributed by atoms with van der Waals surface area (Å²) in [5.74, 6) is -1.92. The highest BCUT2D eigenvalue weighted by Gasteiger charge is 2.77. The monoisotopic (exact) mass is 488 g/mol. The Hall–Kier alpha value is -2.06. The second kappa shape index (κ2) is 9.90. The molecule has 2 amide bonds. The van der Waals surface area contributed by atoms with Crippen molar-refractivity contribution in [1.29, 1.82) is 0 Å². The number of hydrogen-bond acceptors (Lipinski definition) is 6. The smallest absolute Gasteiger partial charge is 0.310 e. The third-order valence-corrected chi connectivity index (χ3v) is 9.87. The molecule has 1 aromatic rings. The number of nitrogens with one attached hydrogen (secondary N) is 1. The normalized spacial score (nSPS) is 33.5. The molecule has 0 radical (unpaired) electrons. The van der Waals surface area contributed by atoms with Gasteiger partial charge in [0.2, 0.25) is 11.8 Å². The molecule has 0 aromatic heterocycles. The van der Waals surface area contributed by atoms with E-state index >= 15 is 0 Å². The van der Waals surface area contributed by atoms with E-state index in [0.29, 0.717) is 0 Å². The molecule has 0 aliphatic carbocycles. The molecular formula is C26H36N2O5S. The zero-order valence-electron chi connectivity index (χ0n) is 20.4.